The predicted octanol–water partition coefficient (Wildman–Crippen LogP) is 1.99. The van der Waals surface area contributed by atoms with Gasteiger partial charge in [-0.25, -0.2) is 0 Å². The van der Waals surface area contributed by atoms with Gasteiger partial charge in [0.2, 0.25) is 11.8 Å². The first-order chi connectivity index (χ1) is 11.7. The first-order valence-electron chi connectivity index (χ1n) is 9.00. The van der Waals surface area contributed by atoms with Gasteiger partial charge >= 0.3 is 0 Å². The Morgan fingerprint density at radius 3 is 2.79 bits per heavy atom. The predicted molar refractivity (Wildman–Crippen MR) is 90.8 cm³/mol. The third-order valence-corrected chi connectivity index (χ3v) is 5.52. The van der Waals surface area contributed by atoms with Crippen molar-refractivity contribution >= 4 is 17.5 Å². The van der Waals surface area contributed by atoms with Gasteiger partial charge in [0.15, 0.2) is 0 Å². The average molecular weight is 328 g/mol. The summed E-state index contributed by atoms with van der Waals surface area (Å²) < 4.78 is 5.39. The highest BCUT2D eigenvalue weighted by Gasteiger charge is 2.40. The zero-order chi connectivity index (χ0) is 16.5. The van der Waals surface area contributed by atoms with Crippen LogP contribution < -0.4 is 4.90 Å². The molecular formula is C19H24N2O3. The van der Waals surface area contributed by atoms with Gasteiger partial charge in [0.25, 0.3) is 0 Å². The van der Waals surface area contributed by atoms with Crippen LogP contribution in [0.1, 0.15) is 31.2 Å². The zero-order valence-corrected chi connectivity index (χ0v) is 13.9. The second-order valence-corrected chi connectivity index (χ2v) is 7.01. The van der Waals surface area contributed by atoms with Crippen LogP contribution in [0.4, 0.5) is 5.69 Å². The van der Waals surface area contributed by atoms with E-state index in [0.29, 0.717) is 26.2 Å². The number of likely N-dealkylation sites (tertiary alicyclic amines) is 1. The number of ether oxygens (including phenoxy) is 1. The summed E-state index contributed by atoms with van der Waals surface area (Å²) in [6, 6.07) is 8.39. The fourth-order valence-electron chi connectivity index (χ4n) is 4.23. The summed E-state index contributed by atoms with van der Waals surface area (Å²) in [4.78, 5) is 29.3. The van der Waals surface area contributed by atoms with Gasteiger partial charge in [-0.1, -0.05) is 18.2 Å². The lowest BCUT2D eigenvalue weighted by atomic mass is 9.99. The number of carbonyl (C=O) groups is 2. The quantitative estimate of drug-likeness (QED) is 0.834. The molecule has 5 nitrogen and oxygen atoms in total. The minimum absolute atomic E-state index is 0.116. The molecule has 0 aliphatic carbocycles. The van der Waals surface area contributed by atoms with E-state index in [0.717, 1.165) is 37.9 Å². The molecule has 1 unspecified atom stereocenters. The first kappa shape index (κ1) is 15.6. The van der Waals surface area contributed by atoms with Crippen molar-refractivity contribution in [3.05, 3.63) is 29.8 Å². The van der Waals surface area contributed by atoms with Crippen LogP contribution in [0.5, 0.6) is 0 Å². The molecule has 0 saturated carbocycles. The van der Waals surface area contributed by atoms with Gasteiger partial charge in [0.1, 0.15) is 0 Å². The third kappa shape index (κ3) is 2.81. The van der Waals surface area contributed by atoms with Crippen molar-refractivity contribution in [1.29, 1.82) is 0 Å². The summed E-state index contributed by atoms with van der Waals surface area (Å²) in [5.74, 6) is 0.0436. The Bertz CT molecular complexity index is 639. The molecule has 0 bridgehead atoms. The highest BCUT2D eigenvalue weighted by Crippen LogP contribution is 2.31. The van der Waals surface area contributed by atoms with Crippen molar-refractivity contribution in [3.63, 3.8) is 0 Å². The molecule has 5 heteroatoms. The number of amides is 2. The van der Waals surface area contributed by atoms with Gasteiger partial charge < -0.3 is 14.5 Å². The summed E-state index contributed by atoms with van der Waals surface area (Å²) in [7, 11) is 0. The lowest BCUT2D eigenvalue weighted by Crippen LogP contribution is -2.43. The van der Waals surface area contributed by atoms with E-state index in [1.807, 2.05) is 28.0 Å². The Balaban J connectivity index is 1.49. The molecular weight excluding hydrogens is 304 g/mol. The largest absolute Gasteiger partial charge is 0.381 e. The molecule has 3 heterocycles. The lowest BCUT2D eigenvalue weighted by Gasteiger charge is -2.33. The Morgan fingerprint density at radius 1 is 1.17 bits per heavy atom. The molecule has 3 aliphatic rings. The van der Waals surface area contributed by atoms with E-state index >= 15 is 0 Å². The van der Waals surface area contributed by atoms with E-state index in [1.165, 1.54) is 5.56 Å². The van der Waals surface area contributed by atoms with E-state index in [-0.39, 0.29) is 23.8 Å². The standard InChI is InChI=1S/C19H24N2O3/c22-18-12-15(13-21(18)16-7-10-24-11-8-16)19(23)20-9-3-5-14-4-1-2-6-17(14)20/h1-2,4,6,15-16H,3,5,7-13H2. The monoisotopic (exact) mass is 328 g/mol. The van der Waals surface area contributed by atoms with Gasteiger partial charge in [-0.3, -0.25) is 9.59 Å². The van der Waals surface area contributed by atoms with Crippen LogP contribution in [0.2, 0.25) is 0 Å². The molecule has 2 amide bonds. The zero-order valence-electron chi connectivity index (χ0n) is 13.9. The average Bonchev–Trinajstić information content (AvgIpc) is 3.03. The van der Waals surface area contributed by atoms with E-state index in [4.69, 9.17) is 4.74 Å². The van der Waals surface area contributed by atoms with E-state index in [9.17, 15) is 9.59 Å². The maximum absolute atomic E-state index is 13.1. The van der Waals surface area contributed by atoms with Crippen LogP contribution in [0, 0.1) is 5.92 Å². The second-order valence-electron chi connectivity index (χ2n) is 7.01. The number of anilines is 1. The number of hydrogen-bond acceptors (Lipinski definition) is 3. The molecule has 0 aromatic heterocycles. The molecule has 128 valence electrons. The summed E-state index contributed by atoms with van der Waals surface area (Å²) in [5.41, 5.74) is 2.27. The summed E-state index contributed by atoms with van der Waals surface area (Å²) in [6.45, 7) is 2.76. The van der Waals surface area contributed by atoms with Crippen LogP contribution in [0.25, 0.3) is 0 Å². The second kappa shape index (κ2) is 6.55. The van der Waals surface area contributed by atoms with Crippen molar-refractivity contribution in [2.45, 2.75) is 38.1 Å². The SMILES string of the molecule is O=C(C1CC(=O)N(C2CCOCC2)C1)N1CCCc2ccccc21. The third-order valence-electron chi connectivity index (χ3n) is 5.52. The molecule has 0 radical (unpaired) electrons. The van der Waals surface area contributed by atoms with Crippen molar-refractivity contribution < 1.29 is 14.3 Å². The molecule has 0 spiro atoms. The van der Waals surface area contributed by atoms with Gasteiger partial charge in [-0.2, -0.15) is 0 Å². The molecule has 1 aromatic rings. The van der Waals surface area contributed by atoms with Crippen molar-refractivity contribution in [2.24, 2.45) is 5.92 Å². The Labute approximate surface area is 142 Å². The smallest absolute Gasteiger partial charge is 0.232 e. The molecule has 3 aliphatic heterocycles. The highest BCUT2D eigenvalue weighted by atomic mass is 16.5. The van der Waals surface area contributed by atoms with Crippen molar-refractivity contribution in [2.75, 3.05) is 31.2 Å². The van der Waals surface area contributed by atoms with Crippen LogP contribution in [0.3, 0.4) is 0 Å². The number of para-hydroxylation sites is 1. The van der Waals surface area contributed by atoms with Crippen molar-refractivity contribution in [1.82, 2.24) is 4.90 Å². The number of nitrogens with zero attached hydrogens (tertiary/aromatic N) is 2. The Kier molecular flexibility index (Phi) is 4.27. The number of carbonyl (C=O) groups excluding carboxylic acids is 2. The Morgan fingerprint density at radius 2 is 1.96 bits per heavy atom. The van der Waals surface area contributed by atoms with Gasteiger partial charge in [-0.05, 0) is 37.3 Å². The first-order valence-corrected chi connectivity index (χ1v) is 9.00. The normalized spacial score (nSPS) is 25.0. The highest BCUT2D eigenvalue weighted by molar-refractivity contribution is 5.99. The van der Waals surface area contributed by atoms with Gasteiger partial charge in [-0.15, -0.1) is 0 Å². The van der Waals surface area contributed by atoms with Gasteiger partial charge in [0.05, 0.1) is 5.92 Å². The topological polar surface area (TPSA) is 49.9 Å². The molecule has 2 fully saturated rings. The lowest BCUT2D eigenvalue weighted by molar-refractivity contribution is -0.131. The fraction of sp³-hybridized carbons (Fsp3) is 0.579. The fourth-order valence-corrected chi connectivity index (χ4v) is 4.23. The van der Waals surface area contributed by atoms with E-state index in [1.54, 1.807) is 0 Å². The molecule has 2 saturated heterocycles. The van der Waals surface area contributed by atoms with E-state index in [2.05, 4.69) is 6.07 Å². The van der Waals surface area contributed by atoms with Crippen LogP contribution in [-0.2, 0) is 20.7 Å². The molecule has 1 atom stereocenters. The van der Waals surface area contributed by atoms with Crippen LogP contribution in [-0.4, -0.2) is 49.1 Å². The summed E-state index contributed by atoms with van der Waals surface area (Å²) >= 11 is 0. The van der Waals surface area contributed by atoms with Crippen LogP contribution >= 0.6 is 0 Å². The summed E-state index contributed by atoms with van der Waals surface area (Å²) in [5, 5.41) is 0. The van der Waals surface area contributed by atoms with Crippen molar-refractivity contribution in [3.8, 4) is 0 Å². The summed E-state index contributed by atoms with van der Waals surface area (Å²) in [6.07, 6.45) is 4.15. The number of aryl methyl sites for hydroxylation is 1. The number of rotatable bonds is 2. The minimum atomic E-state index is -0.202. The van der Waals surface area contributed by atoms with Gasteiger partial charge in [0, 0.05) is 44.5 Å². The minimum Gasteiger partial charge on any atom is -0.381 e. The molecule has 0 N–H and O–H groups in total. The molecule has 4 rings (SSSR count). The Hall–Kier alpha value is -1.88. The molecule has 24 heavy (non-hydrogen) atoms. The van der Waals surface area contributed by atoms with Crippen LogP contribution in [0.15, 0.2) is 24.3 Å². The van der Waals surface area contributed by atoms with E-state index < -0.39 is 0 Å². The molecule has 1 aromatic carbocycles. The maximum Gasteiger partial charge on any atom is 0.232 e. The number of fused-ring (bicyclic) bond motifs is 1. The number of benzene rings is 1. The maximum atomic E-state index is 13.1. The number of hydrogen-bond donors (Lipinski definition) is 0.